The molecule has 0 saturated carbocycles. The van der Waals surface area contributed by atoms with Gasteiger partial charge in [-0.05, 0) is 37.0 Å². The molecule has 1 aliphatic rings. The summed E-state index contributed by atoms with van der Waals surface area (Å²) in [5.41, 5.74) is 3.47. The lowest BCUT2D eigenvalue weighted by molar-refractivity contribution is -0.131. The van der Waals surface area contributed by atoms with Crippen molar-refractivity contribution in [2.75, 3.05) is 20.1 Å². The summed E-state index contributed by atoms with van der Waals surface area (Å²) in [5, 5.41) is 0. The maximum atomic E-state index is 12.6. The number of carbonyl (C=O) groups is 1. The zero-order valence-corrected chi connectivity index (χ0v) is 15.5. The summed E-state index contributed by atoms with van der Waals surface area (Å²) >= 11 is 0. The van der Waals surface area contributed by atoms with Gasteiger partial charge in [-0.2, -0.15) is 0 Å². The molecule has 1 amide bonds. The largest absolute Gasteiger partial charge is 0.341 e. The van der Waals surface area contributed by atoms with Crippen molar-refractivity contribution in [1.82, 2.24) is 9.80 Å². The Balaban J connectivity index is 1.59. The molecule has 2 aromatic carbocycles. The predicted molar refractivity (Wildman–Crippen MR) is 103 cm³/mol. The van der Waals surface area contributed by atoms with E-state index in [1.807, 2.05) is 30.1 Å². The number of carbonyl (C=O) groups excluding carboxylic acids is 1. The first-order valence-corrected chi connectivity index (χ1v) is 9.18. The highest BCUT2D eigenvalue weighted by Gasteiger charge is 2.29. The molecule has 1 heterocycles. The van der Waals surface area contributed by atoms with Gasteiger partial charge in [0.2, 0.25) is 5.91 Å². The molecule has 2 aromatic rings. The van der Waals surface area contributed by atoms with E-state index in [-0.39, 0.29) is 5.91 Å². The Hall–Kier alpha value is -2.13. The fourth-order valence-corrected chi connectivity index (χ4v) is 3.50. The standard InChI is InChI=1S/C22H28N2O/c1-17(2)24-14-13-21(16-24)23(3)22(25)15-18-9-11-20(12-10-18)19-7-5-4-6-8-19/h4-12,17,21H,13-16H2,1-3H3. The number of likely N-dealkylation sites (N-methyl/N-ethyl adjacent to an activating group) is 1. The molecule has 1 unspecified atom stereocenters. The molecule has 0 radical (unpaired) electrons. The van der Waals surface area contributed by atoms with Crippen LogP contribution in [-0.4, -0.2) is 47.9 Å². The van der Waals surface area contributed by atoms with Crippen molar-refractivity contribution in [3.8, 4) is 11.1 Å². The summed E-state index contributed by atoms with van der Waals surface area (Å²) < 4.78 is 0. The minimum Gasteiger partial charge on any atom is -0.341 e. The number of hydrogen-bond acceptors (Lipinski definition) is 2. The smallest absolute Gasteiger partial charge is 0.227 e. The molecule has 0 aliphatic carbocycles. The monoisotopic (exact) mass is 336 g/mol. The number of nitrogens with zero attached hydrogens (tertiary/aromatic N) is 2. The van der Waals surface area contributed by atoms with Gasteiger partial charge in [-0.25, -0.2) is 0 Å². The van der Waals surface area contributed by atoms with Crippen LogP contribution in [0.4, 0.5) is 0 Å². The van der Waals surface area contributed by atoms with Crippen LogP contribution in [0, 0.1) is 0 Å². The Bertz CT molecular complexity index is 694. The van der Waals surface area contributed by atoms with Gasteiger partial charge in [0.1, 0.15) is 0 Å². The second-order valence-corrected chi connectivity index (χ2v) is 7.28. The van der Waals surface area contributed by atoms with E-state index >= 15 is 0 Å². The Labute approximate surface area is 151 Å². The van der Waals surface area contributed by atoms with E-state index in [0.29, 0.717) is 18.5 Å². The maximum Gasteiger partial charge on any atom is 0.227 e. The normalized spacial score (nSPS) is 17.8. The van der Waals surface area contributed by atoms with Gasteiger partial charge in [0, 0.05) is 32.2 Å². The van der Waals surface area contributed by atoms with Gasteiger partial charge in [0.05, 0.1) is 6.42 Å². The van der Waals surface area contributed by atoms with Gasteiger partial charge in [-0.1, -0.05) is 54.6 Å². The van der Waals surface area contributed by atoms with Crippen molar-refractivity contribution in [1.29, 1.82) is 0 Å². The maximum absolute atomic E-state index is 12.6. The van der Waals surface area contributed by atoms with Crippen molar-refractivity contribution >= 4 is 5.91 Å². The lowest BCUT2D eigenvalue weighted by atomic mass is 10.0. The first kappa shape index (κ1) is 17.7. The molecule has 25 heavy (non-hydrogen) atoms. The molecule has 1 aliphatic heterocycles. The van der Waals surface area contributed by atoms with Crippen molar-refractivity contribution in [3.05, 3.63) is 60.2 Å². The predicted octanol–water partition coefficient (Wildman–Crippen LogP) is 3.84. The number of benzene rings is 2. The molecule has 0 aromatic heterocycles. The fourth-order valence-electron chi connectivity index (χ4n) is 3.50. The Morgan fingerprint density at radius 2 is 1.72 bits per heavy atom. The fraction of sp³-hybridized carbons (Fsp3) is 0.409. The molecule has 0 bridgehead atoms. The average molecular weight is 336 g/mol. The Kier molecular flexibility index (Phi) is 5.54. The highest BCUT2D eigenvalue weighted by Crippen LogP contribution is 2.21. The van der Waals surface area contributed by atoms with Crippen LogP contribution in [0.3, 0.4) is 0 Å². The molecule has 1 fully saturated rings. The SMILES string of the molecule is CC(C)N1CCC(N(C)C(=O)Cc2ccc(-c3ccccc3)cc2)C1. The molecule has 1 atom stereocenters. The Morgan fingerprint density at radius 3 is 2.32 bits per heavy atom. The average Bonchev–Trinajstić information content (AvgIpc) is 3.13. The summed E-state index contributed by atoms with van der Waals surface area (Å²) in [4.78, 5) is 17.0. The van der Waals surface area contributed by atoms with E-state index in [1.165, 1.54) is 11.1 Å². The zero-order chi connectivity index (χ0) is 17.8. The lowest BCUT2D eigenvalue weighted by Gasteiger charge is -2.26. The van der Waals surface area contributed by atoms with Crippen LogP contribution in [0.15, 0.2) is 54.6 Å². The van der Waals surface area contributed by atoms with Crippen LogP contribution in [-0.2, 0) is 11.2 Å². The van der Waals surface area contributed by atoms with E-state index in [2.05, 4.69) is 55.1 Å². The second kappa shape index (κ2) is 7.83. The van der Waals surface area contributed by atoms with Gasteiger partial charge in [-0.15, -0.1) is 0 Å². The van der Waals surface area contributed by atoms with Gasteiger partial charge in [0.15, 0.2) is 0 Å². The van der Waals surface area contributed by atoms with Crippen LogP contribution < -0.4 is 0 Å². The quantitative estimate of drug-likeness (QED) is 0.828. The minimum absolute atomic E-state index is 0.211. The molecule has 132 valence electrons. The van der Waals surface area contributed by atoms with E-state index in [9.17, 15) is 4.79 Å². The van der Waals surface area contributed by atoms with E-state index in [4.69, 9.17) is 0 Å². The summed E-state index contributed by atoms with van der Waals surface area (Å²) in [6.07, 6.45) is 1.55. The van der Waals surface area contributed by atoms with E-state index in [1.54, 1.807) is 0 Å². The number of likely N-dealkylation sites (tertiary alicyclic amines) is 1. The summed E-state index contributed by atoms with van der Waals surface area (Å²) in [5.74, 6) is 0.211. The first-order chi connectivity index (χ1) is 12.0. The van der Waals surface area contributed by atoms with Gasteiger partial charge >= 0.3 is 0 Å². The third-order valence-electron chi connectivity index (χ3n) is 5.28. The van der Waals surface area contributed by atoms with E-state index < -0.39 is 0 Å². The summed E-state index contributed by atoms with van der Waals surface area (Å²) in [6, 6.07) is 19.6. The second-order valence-electron chi connectivity index (χ2n) is 7.28. The van der Waals surface area contributed by atoms with Crippen molar-refractivity contribution in [2.24, 2.45) is 0 Å². The highest BCUT2D eigenvalue weighted by molar-refractivity contribution is 5.79. The van der Waals surface area contributed by atoms with Gasteiger partial charge < -0.3 is 4.90 Å². The molecule has 3 nitrogen and oxygen atoms in total. The molecule has 3 rings (SSSR count). The molecule has 1 saturated heterocycles. The van der Waals surface area contributed by atoms with Crippen LogP contribution in [0.2, 0.25) is 0 Å². The van der Waals surface area contributed by atoms with E-state index in [0.717, 1.165) is 25.1 Å². The molecular weight excluding hydrogens is 308 g/mol. The van der Waals surface area contributed by atoms with Crippen LogP contribution >= 0.6 is 0 Å². The van der Waals surface area contributed by atoms with Crippen molar-refractivity contribution in [3.63, 3.8) is 0 Å². The summed E-state index contributed by atoms with van der Waals surface area (Å²) in [7, 11) is 1.95. The topological polar surface area (TPSA) is 23.6 Å². The lowest BCUT2D eigenvalue weighted by Crippen LogP contribution is -2.40. The van der Waals surface area contributed by atoms with Crippen LogP contribution in [0.5, 0.6) is 0 Å². The van der Waals surface area contributed by atoms with Crippen molar-refractivity contribution < 1.29 is 4.79 Å². The molecule has 3 heteroatoms. The van der Waals surface area contributed by atoms with Crippen LogP contribution in [0.25, 0.3) is 11.1 Å². The van der Waals surface area contributed by atoms with Gasteiger partial charge in [0.25, 0.3) is 0 Å². The summed E-state index contributed by atoms with van der Waals surface area (Å²) in [6.45, 7) is 6.52. The number of hydrogen-bond donors (Lipinski definition) is 0. The molecular formula is C22H28N2O. The van der Waals surface area contributed by atoms with Crippen LogP contribution in [0.1, 0.15) is 25.8 Å². The third-order valence-corrected chi connectivity index (χ3v) is 5.28. The number of amides is 1. The highest BCUT2D eigenvalue weighted by atomic mass is 16.2. The Morgan fingerprint density at radius 1 is 1.08 bits per heavy atom. The molecule has 0 spiro atoms. The third kappa shape index (κ3) is 4.29. The molecule has 0 N–H and O–H groups in total. The first-order valence-electron chi connectivity index (χ1n) is 9.18. The van der Waals surface area contributed by atoms with Gasteiger partial charge in [-0.3, -0.25) is 9.69 Å². The zero-order valence-electron chi connectivity index (χ0n) is 15.5. The minimum atomic E-state index is 0.211. The number of rotatable bonds is 5. The van der Waals surface area contributed by atoms with Crippen molar-refractivity contribution in [2.45, 2.75) is 38.8 Å².